The van der Waals surface area contributed by atoms with Crippen LogP contribution in [0.15, 0.2) is 11.7 Å². The van der Waals surface area contributed by atoms with E-state index in [-0.39, 0.29) is 12.1 Å². The molecule has 0 radical (unpaired) electrons. The summed E-state index contributed by atoms with van der Waals surface area (Å²) in [7, 11) is 0. The van der Waals surface area contributed by atoms with Crippen LogP contribution >= 0.6 is 11.3 Å². The summed E-state index contributed by atoms with van der Waals surface area (Å²) < 4.78 is 5.37. The van der Waals surface area contributed by atoms with Crippen molar-refractivity contribution in [2.75, 3.05) is 19.6 Å². The van der Waals surface area contributed by atoms with Gasteiger partial charge in [-0.25, -0.2) is 4.79 Å². The van der Waals surface area contributed by atoms with Gasteiger partial charge in [0.2, 0.25) is 0 Å². The molecule has 0 aliphatic heterocycles. The van der Waals surface area contributed by atoms with Gasteiger partial charge in [-0.15, -0.1) is 11.3 Å². The van der Waals surface area contributed by atoms with Gasteiger partial charge in [-0.05, 0) is 34.6 Å². The number of ether oxygens (including phenoxy) is 1. The number of nitrogens with one attached hydrogen (secondary N) is 1. The maximum absolute atomic E-state index is 12.0. The number of hydrogen-bond acceptors (Lipinski definition) is 5. The quantitative estimate of drug-likeness (QED) is 0.877. The molecule has 114 valence electrons. The van der Waals surface area contributed by atoms with Crippen molar-refractivity contribution in [3.8, 4) is 0 Å². The number of amides is 1. The summed E-state index contributed by atoms with van der Waals surface area (Å²) in [5.41, 5.74) is 1.38. The highest BCUT2D eigenvalue weighted by molar-refractivity contribution is 7.09. The highest BCUT2D eigenvalue weighted by Crippen LogP contribution is 2.15. The Labute approximate surface area is 125 Å². The second kappa shape index (κ2) is 7.59. The van der Waals surface area contributed by atoms with Crippen LogP contribution in [0.4, 0.5) is 4.79 Å². The Morgan fingerprint density at radius 2 is 2.25 bits per heavy atom. The molecule has 0 aliphatic rings. The first-order chi connectivity index (χ1) is 9.33. The molecule has 1 heterocycles. The van der Waals surface area contributed by atoms with Crippen molar-refractivity contribution < 1.29 is 9.53 Å². The molecule has 1 atom stereocenters. The van der Waals surface area contributed by atoms with Crippen molar-refractivity contribution in [2.24, 2.45) is 0 Å². The van der Waals surface area contributed by atoms with Crippen LogP contribution in [0.1, 0.15) is 45.5 Å². The molecular formula is C14H25N3O2S. The lowest BCUT2D eigenvalue weighted by atomic mass is 10.2. The number of likely N-dealkylation sites (N-methyl/N-ethyl adjacent to an activating group) is 1. The van der Waals surface area contributed by atoms with Gasteiger partial charge in [0.15, 0.2) is 0 Å². The lowest BCUT2D eigenvalue weighted by molar-refractivity contribution is 0.0261. The Hall–Kier alpha value is -1.14. The number of hydrogen-bond donors (Lipinski definition) is 1. The summed E-state index contributed by atoms with van der Waals surface area (Å²) in [5, 5.41) is 3.39. The second-order valence-corrected chi connectivity index (χ2v) is 6.56. The van der Waals surface area contributed by atoms with Crippen LogP contribution < -0.4 is 5.32 Å². The van der Waals surface area contributed by atoms with E-state index in [1.165, 1.54) is 4.88 Å². The van der Waals surface area contributed by atoms with Crippen molar-refractivity contribution in [1.29, 1.82) is 0 Å². The van der Waals surface area contributed by atoms with Crippen molar-refractivity contribution >= 4 is 17.4 Å². The highest BCUT2D eigenvalue weighted by atomic mass is 32.1. The molecule has 0 spiro atoms. The molecule has 0 aromatic carbocycles. The minimum atomic E-state index is -0.451. The zero-order chi connectivity index (χ0) is 15.2. The Balaban J connectivity index is 2.36. The number of rotatable bonds is 6. The van der Waals surface area contributed by atoms with Gasteiger partial charge in [-0.3, -0.25) is 4.98 Å². The topological polar surface area (TPSA) is 54.5 Å². The van der Waals surface area contributed by atoms with E-state index < -0.39 is 5.60 Å². The summed E-state index contributed by atoms with van der Waals surface area (Å²) in [6, 6.07) is 0.250. The summed E-state index contributed by atoms with van der Waals surface area (Å²) in [4.78, 5) is 18.9. The van der Waals surface area contributed by atoms with Gasteiger partial charge in [0.05, 0.1) is 5.51 Å². The maximum atomic E-state index is 12.0. The van der Waals surface area contributed by atoms with Crippen LogP contribution in [0.25, 0.3) is 0 Å². The van der Waals surface area contributed by atoms with E-state index in [0.717, 1.165) is 6.54 Å². The molecular weight excluding hydrogens is 274 g/mol. The fraction of sp³-hybridized carbons (Fsp3) is 0.714. The number of thiazole rings is 1. The molecule has 1 unspecified atom stereocenters. The number of nitrogens with zero attached hydrogens (tertiary/aromatic N) is 2. The summed E-state index contributed by atoms with van der Waals surface area (Å²) >= 11 is 1.63. The molecule has 1 rings (SSSR count). The first-order valence-corrected chi connectivity index (χ1v) is 7.81. The van der Waals surface area contributed by atoms with Crippen molar-refractivity contribution in [3.63, 3.8) is 0 Å². The zero-order valence-corrected chi connectivity index (χ0v) is 13.8. The zero-order valence-electron chi connectivity index (χ0n) is 13.0. The molecule has 1 amide bonds. The molecule has 0 bridgehead atoms. The van der Waals surface area contributed by atoms with Gasteiger partial charge in [-0.2, -0.15) is 0 Å². The lowest BCUT2D eigenvalue weighted by Crippen LogP contribution is -2.40. The molecule has 6 heteroatoms. The minimum absolute atomic E-state index is 0.250. The Kier molecular flexibility index (Phi) is 6.42. The Morgan fingerprint density at radius 3 is 2.75 bits per heavy atom. The van der Waals surface area contributed by atoms with E-state index in [4.69, 9.17) is 4.74 Å². The molecule has 5 nitrogen and oxygen atoms in total. The molecule has 20 heavy (non-hydrogen) atoms. The van der Waals surface area contributed by atoms with Gasteiger partial charge in [0.25, 0.3) is 0 Å². The van der Waals surface area contributed by atoms with Crippen LogP contribution in [0.3, 0.4) is 0 Å². The summed E-state index contributed by atoms with van der Waals surface area (Å²) in [5.74, 6) is 0. The van der Waals surface area contributed by atoms with Crippen LogP contribution in [0.5, 0.6) is 0 Å². The van der Waals surface area contributed by atoms with Crippen molar-refractivity contribution in [3.05, 3.63) is 16.6 Å². The summed E-state index contributed by atoms with van der Waals surface area (Å²) in [6.45, 7) is 11.7. The van der Waals surface area contributed by atoms with Gasteiger partial charge in [0, 0.05) is 36.8 Å². The smallest absolute Gasteiger partial charge is 0.410 e. The van der Waals surface area contributed by atoms with Gasteiger partial charge in [-0.1, -0.05) is 0 Å². The monoisotopic (exact) mass is 299 g/mol. The van der Waals surface area contributed by atoms with E-state index in [1.807, 2.05) is 39.4 Å². The van der Waals surface area contributed by atoms with E-state index in [1.54, 1.807) is 16.2 Å². The average Bonchev–Trinajstić information content (AvgIpc) is 2.85. The SMILES string of the molecule is CCN(CCNC(C)c1cncs1)C(=O)OC(C)(C)C. The van der Waals surface area contributed by atoms with Gasteiger partial charge < -0.3 is 15.0 Å². The molecule has 0 fully saturated rings. The molecule has 1 N–H and O–H groups in total. The maximum Gasteiger partial charge on any atom is 0.410 e. The second-order valence-electron chi connectivity index (χ2n) is 5.64. The minimum Gasteiger partial charge on any atom is -0.444 e. The van der Waals surface area contributed by atoms with Gasteiger partial charge >= 0.3 is 6.09 Å². The summed E-state index contributed by atoms with van der Waals surface area (Å²) in [6.07, 6.45) is 1.61. The third-order valence-electron chi connectivity index (χ3n) is 2.74. The predicted molar refractivity (Wildman–Crippen MR) is 82.0 cm³/mol. The Bertz CT molecular complexity index is 401. The fourth-order valence-electron chi connectivity index (χ4n) is 1.66. The standard InChI is InChI=1S/C14H25N3O2S/c1-6-17(13(18)19-14(3,4)5)8-7-16-11(2)12-9-15-10-20-12/h9-11,16H,6-8H2,1-5H3. The first kappa shape index (κ1) is 16.9. The Morgan fingerprint density at radius 1 is 1.55 bits per heavy atom. The average molecular weight is 299 g/mol. The fourth-order valence-corrected chi connectivity index (χ4v) is 2.31. The van der Waals surface area contributed by atoms with Crippen LogP contribution in [0.2, 0.25) is 0 Å². The van der Waals surface area contributed by atoms with E-state index in [2.05, 4.69) is 17.2 Å². The molecule has 0 saturated heterocycles. The number of carbonyl (C=O) groups is 1. The largest absolute Gasteiger partial charge is 0.444 e. The third kappa shape index (κ3) is 5.88. The highest BCUT2D eigenvalue weighted by Gasteiger charge is 2.20. The van der Waals surface area contributed by atoms with Crippen molar-refractivity contribution in [2.45, 2.75) is 46.3 Å². The van der Waals surface area contributed by atoms with Crippen LogP contribution in [-0.4, -0.2) is 41.2 Å². The van der Waals surface area contributed by atoms with Crippen LogP contribution in [-0.2, 0) is 4.74 Å². The number of carbonyl (C=O) groups excluding carboxylic acids is 1. The van der Waals surface area contributed by atoms with Crippen molar-refractivity contribution in [1.82, 2.24) is 15.2 Å². The van der Waals surface area contributed by atoms with Crippen LogP contribution in [0, 0.1) is 0 Å². The predicted octanol–water partition coefficient (Wildman–Crippen LogP) is 3.05. The number of aromatic nitrogens is 1. The van der Waals surface area contributed by atoms with E-state index in [9.17, 15) is 4.79 Å². The molecule has 0 aliphatic carbocycles. The first-order valence-electron chi connectivity index (χ1n) is 6.93. The normalized spacial score (nSPS) is 13.1. The lowest BCUT2D eigenvalue weighted by Gasteiger charge is -2.27. The molecule has 1 aromatic rings. The van der Waals surface area contributed by atoms with E-state index >= 15 is 0 Å². The van der Waals surface area contributed by atoms with Gasteiger partial charge in [0.1, 0.15) is 5.60 Å². The molecule has 1 aromatic heterocycles. The molecule has 0 saturated carbocycles. The van der Waals surface area contributed by atoms with E-state index in [0.29, 0.717) is 13.1 Å². The third-order valence-corrected chi connectivity index (χ3v) is 3.70.